The molecule has 0 aliphatic carbocycles. The molecule has 9 heteroatoms. The van der Waals surface area contributed by atoms with E-state index in [4.69, 9.17) is 19.9 Å². The maximum Gasteiger partial charge on any atom is 0.240 e. The Balaban J connectivity index is 2.79. The van der Waals surface area contributed by atoms with Crippen molar-refractivity contribution in [2.75, 3.05) is 48.1 Å². The number of rotatable bonds is 19. The lowest BCUT2D eigenvalue weighted by molar-refractivity contribution is -0.130. The molecule has 1 aromatic rings. The number of carbonyl (C=O) groups excluding carboxylic acids is 2. The number of nitrogens with two attached hydrogens (primary N) is 1. The van der Waals surface area contributed by atoms with Crippen LogP contribution in [0.4, 0.5) is 0 Å². The van der Waals surface area contributed by atoms with Crippen LogP contribution in [0.2, 0.25) is 0 Å². The van der Waals surface area contributed by atoms with Crippen LogP contribution in [0.3, 0.4) is 0 Å². The van der Waals surface area contributed by atoms with Gasteiger partial charge in [0.2, 0.25) is 11.8 Å². The lowest BCUT2D eigenvalue weighted by Gasteiger charge is -2.34. The van der Waals surface area contributed by atoms with Crippen LogP contribution in [0.25, 0.3) is 0 Å². The van der Waals surface area contributed by atoms with Crippen LogP contribution in [0.5, 0.6) is 11.5 Å². The summed E-state index contributed by atoms with van der Waals surface area (Å²) in [6.07, 6.45) is 2.60. The van der Waals surface area contributed by atoms with Gasteiger partial charge in [0.05, 0.1) is 19.8 Å². The molecule has 224 valence electrons. The summed E-state index contributed by atoms with van der Waals surface area (Å²) < 4.78 is 16.5. The number of carbonyl (C=O) groups is 2. The number of benzene rings is 1. The molecule has 0 radical (unpaired) electrons. The van der Waals surface area contributed by atoms with Gasteiger partial charge in [0.15, 0.2) is 11.5 Å². The molecule has 0 saturated carbocycles. The number of nitrogens with one attached hydrogen (secondary N) is 1. The smallest absolute Gasteiger partial charge is 0.240 e. The first-order chi connectivity index (χ1) is 18.3. The van der Waals surface area contributed by atoms with Gasteiger partial charge in [-0.15, -0.1) is 0 Å². The molecule has 1 aromatic carbocycles. The summed E-state index contributed by atoms with van der Waals surface area (Å²) in [5, 5.41) is 13.7. The van der Waals surface area contributed by atoms with Gasteiger partial charge >= 0.3 is 0 Å². The van der Waals surface area contributed by atoms with E-state index < -0.39 is 11.6 Å². The molecule has 1 rings (SSSR count). The van der Waals surface area contributed by atoms with Crippen LogP contribution in [0, 0.1) is 17.8 Å². The summed E-state index contributed by atoms with van der Waals surface area (Å²) in [4.78, 5) is 26.3. The summed E-state index contributed by atoms with van der Waals surface area (Å²) in [6, 6.07) is 6.03. The topological polar surface area (TPSA) is 123 Å². The van der Waals surface area contributed by atoms with Crippen molar-refractivity contribution < 1.29 is 28.9 Å². The predicted octanol–water partition coefficient (Wildman–Crippen LogP) is 3.40. The van der Waals surface area contributed by atoms with Crippen LogP contribution < -0.4 is 20.5 Å². The zero-order chi connectivity index (χ0) is 29.6. The first-order valence-electron chi connectivity index (χ1n) is 14.1. The van der Waals surface area contributed by atoms with Gasteiger partial charge in [0.25, 0.3) is 0 Å². The fraction of sp³-hybridized carbons (Fsp3) is 0.733. The predicted molar refractivity (Wildman–Crippen MR) is 155 cm³/mol. The number of ether oxygens (including phenoxy) is 3. The minimum absolute atomic E-state index is 0.0659. The van der Waals surface area contributed by atoms with Crippen molar-refractivity contribution in [1.82, 2.24) is 10.2 Å². The molecule has 0 heterocycles. The highest BCUT2D eigenvalue weighted by molar-refractivity contribution is 5.87. The van der Waals surface area contributed by atoms with E-state index in [2.05, 4.69) is 25.2 Å². The van der Waals surface area contributed by atoms with Crippen LogP contribution in [0.1, 0.15) is 65.4 Å². The van der Waals surface area contributed by atoms with Crippen molar-refractivity contribution in [3.8, 4) is 11.5 Å². The Morgan fingerprint density at radius 1 is 1.08 bits per heavy atom. The monoisotopic (exact) mass is 551 g/mol. The third-order valence-electron chi connectivity index (χ3n) is 7.44. The van der Waals surface area contributed by atoms with Crippen molar-refractivity contribution >= 4 is 11.8 Å². The molecule has 0 aliphatic heterocycles. The third kappa shape index (κ3) is 11.7. The van der Waals surface area contributed by atoms with Gasteiger partial charge in [0, 0.05) is 53.6 Å². The molecule has 9 nitrogen and oxygen atoms in total. The molecule has 39 heavy (non-hydrogen) atoms. The summed E-state index contributed by atoms with van der Waals surface area (Å²) in [6.45, 7) is 9.54. The zero-order valence-corrected chi connectivity index (χ0v) is 25.4. The molecule has 0 bridgehead atoms. The van der Waals surface area contributed by atoms with Gasteiger partial charge in [-0.05, 0) is 54.7 Å². The molecule has 2 amide bonds. The van der Waals surface area contributed by atoms with Crippen molar-refractivity contribution in [2.45, 2.75) is 77.9 Å². The van der Waals surface area contributed by atoms with E-state index in [0.717, 1.165) is 30.6 Å². The van der Waals surface area contributed by atoms with E-state index in [9.17, 15) is 14.7 Å². The van der Waals surface area contributed by atoms with Crippen LogP contribution >= 0.6 is 0 Å². The highest BCUT2D eigenvalue weighted by Crippen LogP contribution is 2.32. The second-order valence-corrected chi connectivity index (χ2v) is 11.3. The van der Waals surface area contributed by atoms with Crippen molar-refractivity contribution in [2.24, 2.45) is 23.5 Å². The average Bonchev–Trinajstić information content (AvgIpc) is 2.88. The number of nitrogens with zero attached hydrogens (tertiary/aromatic N) is 1. The molecule has 0 saturated heterocycles. The first-order valence-corrected chi connectivity index (χ1v) is 14.1. The van der Waals surface area contributed by atoms with E-state index in [-0.39, 0.29) is 37.1 Å². The van der Waals surface area contributed by atoms with Gasteiger partial charge in [-0.25, -0.2) is 0 Å². The molecular formula is C30H53N3O6. The minimum atomic E-state index is -1.22. The Kier molecular flexibility index (Phi) is 15.4. The first kappa shape index (κ1) is 34.7. The standard InChI is InChI=1S/C30H53N3O6/c1-21(2)24(18-23-10-13-26(38-8)27(19-23)39-17-9-16-37-7)11-12-25(34)20-30(31,22(3)4)29(36)32-15-14-28(35)33(5)6/h10,13,19,21-22,24-25,34H,9,11-12,14-18,20,31H2,1-8H3,(H,32,36)/t24-,25-,30-/m0/s1. The Bertz CT molecular complexity index is 876. The highest BCUT2D eigenvalue weighted by Gasteiger charge is 2.39. The number of hydrogen-bond donors (Lipinski definition) is 3. The second-order valence-electron chi connectivity index (χ2n) is 11.3. The summed E-state index contributed by atoms with van der Waals surface area (Å²) in [5.41, 5.74) is 6.48. The molecule has 0 fully saturated rings. The van der Waals surface area contributed by atoms with Crippen molar-refractivity contribution in [3.05, 3.63) is 23.8 Å². The summed E-state index contributed by atoms with van der Waals surface area (Å²) in [5.74, 6) is 1.56. The van der Waals surface area contributed by atoms with E-state index in [0.29, 0.717) is 37.2 Å². The number of amides is 2. The van der Waals surface area contributed by atoms with Gasteiger partial charge in [-0.1, -0.05) is 33.8 Å². The van der Waals surface area contributed by atoms with Crippen molar-refractivity contribution in [1.29, 1.82) is 0 Å². The number of aliphatic hydroxyl groups is 1. The van der Waals surface area contributed by atoms with E-state index in [1.54, 1.807) is 28.3 Å². The quantitative estimate of drug-likeness (QED) is 0.225. The molecular weight excluding hydrogens is 498 g/mol. The Hall–Kier alpha value is -2.36. The lowest BCUT2D eigenvalue weighted by Crippen LogP contribution is -2.59. The highest BCUT2D eigenvalue weighted by atomic mass is 16.5. The Morgan fingerprint density at radius 2 is 1.77 bits per heavy atom. The molecule has 4 N–H and O–H groups in total. The number of methoxy groups -OCH3 is 2. The normalized spacial score (nSPS) is 14.6. The second kappa shape index (κ2) is 17.4. The third-order valence-corrected chi connectivity index (χ3v) is 7.44. The van der Waals surface area contributed by atoms with Crippen LogP contribution in [0.15, 0.2) is 18.2 Å². The number of hydrogen-bond acceptors (Lipinski definition) is 7. The molecule has 0 aromatic heterocycles. The van der Waals surface area contributed by atoms with Crippen LogP contribution in [-0.4, -0.2) is 81.5 Å². The molecule has 0 unspecified atom stereocenters. The minimum Gasteiger partial charge on any atom is -0.493 e. The largest absolute Gasteiger partial charge is 0.493 e. The van der Waals surface area contributed by atoms with E-state index >= 15 is 0 Å². The fourth-order valence-electron chi connectivity index (χ4n) is 4.48. The van der Waals surface area contributed by atoms with Crippen LogP contribution in [-0.2, 0) is 20.7 Å². The molecule has 0 spiro atoms. The average molecular weight is 552 g/mol. The maximum atomic E-state index is 13.0. The Morgan fingerprint density at radius 3 is 2.33 bits per heavy atom. The molecule has 0 aliphatic rings. The van der Waals surface area contributed by atoms with Gasteiger partial charge < -0.3 is 35.3 Å². The fourth-order valence-corrected chi connectivity index (χ4v) is 4.48. The van der Waals surface area contributed by atoms with E-state index in [1.807, 2.05) is 26.0 Å². The zero-order valence-electron chi connectivity index (χ0n) is 25.4. The lowest BCUT2D eigenvalue weighted by atomic mass is 9.79. The number of aliphatic hydroxyl groups excluding tert-OH is 1. The van der Waals surface area contributed by atoms with Gasteiger partial charge in [-0.2, -0.15) is 0 Å². The Labute approximate surface area is 235 Å². The van der Waals surface area contributed by atoms with E-state index in [1.165, 1.54) is 4.90 Å². The maximum absolute atomic E-state index is 13.0. The SMILES string of the molecule is COCCCOc1cc(C[C@H](CC[C@H](O)C[C@@](N)(C(=O)NCCC(=O)N(C)C)C(C)C)C(C)C)ccc1OC. The van der Waals surface area contributed by atoms with Gasteiger partial charge in [0.1, 0.15) is 5.54 Å². The van der Waals surface area contributed by atoms with Gasteiger partial charge in [-0.3, -0.25) is 9.59 Å². The summed E-state index contributed by atoms with van der Waals surface area (Å²) in [7, 11) is 6.66. The van der Waals surface area contributed by atoms with Crippen molar-refractivity contribution in [3.63, 3.8) is 0 Å². The summed E-state index contributed by atoms with van der Waals surface area (Å²) >= 11 is 0. The molecule has 3 atom stereocenters.